The van der Waals surface area contributed by atoms with Crippen LogP contribution in [0.1, 0.15) is 64.5 Å². The van der Waals surface area contributed by atoms with Crippen LogP contribution in [-0.2, 0) is 0 Å². The Bertz CT molecular complexity index is 698. The summed E-state index contributed by atoms with van der Waals surface area (Å²) in [5.74, 6) is 0.354. The molecule has 0 aromatic carbocycles. The van der Waals surface area contributed by atoms with E-state index in [0.717, 1.165) is 31.4 Å². The number of rotatable bonds is 5. The van der Waals surface area contributed by atoms with Crippen molar-refractivity contribution < 1.29 is 4.74 Å². The van der Waals surface area contributed by atoms with E-state index in [0.29, 0.717) is 17.5 Å². The Morgan fingerprint density at radius 1 is 1.35 bits per heavy atom. The van der Waals surface area contributed by atoms with Crippen molar-refractivity contribution in [3.8, 4) is 6.01 Å². The molecule has 1 aliphatic carbocycles. The lowest BCUT2D eigenvalue weighted by atomic mass is 9.94. The van der Waals surface area contributed by atoms with Crippen LogP contribution in [0.5, 0.6) is 6.01 Å². The molecule has 1 saturated carbocycles. The van der Waals surface area contributed by atoms with Crippen molar-refractivity contribution in [2.24, 2.45) is 0 Å². The van der Waals surface area contributed by atoms with E-state index < -0.39 is 0 Å². The fraction of sp³-hybridized carbons (Fsp3) is 0.588. The molecule has 1 atom stereocenters. The Hall–Kier alpha value is -2.11. The van der Waals surface area contributed by atoms with Crippen LogP contribution in [0.4, 0.5) is 5.82 Å². The molecule has 0 bridgehead atoms. The van der Waals surface area contributed by atoms with E-state index in [1.807, 2.05) is 6.92 Å². The zero-order valence-electron chi connectivity index (χ0n) is 14.0. The molecule has 6 nitrogen and oxygen atoms in total. The number of aromatic nitrogens is 4. The molecule has 6 heteroatoms. The zero-order valence-corrected chi connectivity index (χ0v) is 14.0. The lowest BCUT2D eigenvalue weighted by Gasteiger charge is -2.14. The fourth-order valence-corrected chi connectivity index (χ4v) is 3.05. The largest absolute Gasteiger partial charge is 0.459 e. The van der Waals surface area contributed by atoms with Gasteiger partial charge in [-0.3, -0.25) is 0 Å². The number of anilines is 1. The fourth-order valence-electron chi connectivity index (χ4n) is 3.05. The van der Waals surface area contributed by atoms with Gasteiger partial charge >= 0.3 is 6.01 Å². The van der Waals surface area contributed by atoms with Gasteiger partial charge in [0, 0.05) is 0 Å². The summed E-state index contributed by atoms with van der Waals surface area (Å²) < 4.78 is 7.53. The summed E-state index contributed by atoms with van der Waals surface area (Å²) >= 11 is 0. The minimum absolute atomic E-state index is 0.0699. The van der Waals surface area contributed by atoms with Gasteiger partial charge in [-0.05, 0) is 45.1 Å². The molecule has 0 saturated heterocycles. The van der Waals surface area contributed by atoms with E-state index in [9.17, 15) is 0 Å². The molecule has 2 heterocycles. The van der Waals surface area contributed by atoms with Gasteiger partial charge in [-0.2, -0.15) is 4.98 Å². The molecule has 2 N–H and O–H groups in total. The summed E-state index contributed by atoms with van der Waals surface area (Å²) in [7, 11) is 0. The predicted molar refractivity (Wildman–Crippen MR) is 91.3 cm³/mol. The second-order valence-electron chi connectivity index (χ2n) is 6.28. The highest BCUT2D eigenvalue weighted by molar-refractivity contribution is 5.63. The molecule has 0 spiro atoms. The van der Waals surface area contributed by atoms with Crippen LogP contribution in [0, 0.1) is 0 Å². The van der Waals surface area contributed by atoms with E-state index in [1.165, 1.54) is 24.8 Å². The number of ether oxygens (including phenoxy) is 1. The second kappa shape index (κ2) is 6.98. The quantitative estimate of drug-likeness (QED) is 0.911. The van der Waals surface area contributed by atoms with Crippen LogP contribution in [0.3, 0.4) is 0 Å². The first kappa shape index (κ1) is 15.8. The number of fused-ring (bicyclic) bond motifs is 1. The van der Waals surface area contributed by atoms with Crippen molar-refractivity contribution in [2.75, 3.05) is 5.73 Å². The maximum atomic E-state index is 6.02. The number of nitrogens with zero attached hydrogens (tertiary/aromatic N) is 4. The first-order chi connectivity index (χ1) is 11.2. The lowest BCUT2D eigenvalue weighted by molar-refractivity contribution is 0.189. The first-order valence-electron chi connectivity index (χ1n) is 8.54. The Morgan fingerprint density at radius 3 is 2.87 bits per heavy atom. The highest BCUT2D eigenvalue weighted by atomic mass is 16.5. The second-order valence-corrected chi connectivity index (χ2v) is 6.28. The minimum atomic E-state index is 0.0699. The van der Waals surface area contributed by atoms with Crippen LogP contribution in [-0.4, -0.2) is 25.7 Å². The van der Waals surface area contributed by atoms with Crippen molar-refractivity contribution in [3.63, 3.8) is 0 Å². The molecule has 2 aromatic heterocycles. The van der Waals surface area contributed by atoms with E-state index in [-0.39, 0.29) is 6.10 Å². The van der Waals surface area contributed by atoms with Gasteiger partial charge in [0.25, 0.3) is 0 Å². The Kier molecular flexibility index (Phi) is 4.79. The Morgan fingerprint density at radius 2 is 2.13 bits per heavy atom. The van der Waals surface area contributed by atoms with Gasteiger partial charge in [-0.15, -0.1) is 5.10 Å². The van der Waals surface area contributed by atoms with Gasteiger partial charge in [0.1, 0.15) is 0 Å². The molecule has 0 amide bonds. The Balaban J connectivity index is 1.92. The minimum Gasteiger partial charge on any atom is -0.459 e. The SMILES string of the molecule is CCC[C@H](C)Oc1nc(N)c2ncc(C=C3CCCCC3)n2n1. The molecule has 23 heavy (non-hydrogen) atoms. The lowest BCUT2D eigenvalue weighted by Crippen LogP contribution is -2.15. The summed E-state index contributed by atoms with van der Waals surface area (Å²) in [4.78, 5) is 8.58. The summed E-state index contributed by atoms with van der Waals surface area (Å²) in [5, 5.41) is 4.48. The number of allylic oxidation sites excluding steroid dienone is 1. The number of nitrogens with two attached hydrogens (primary N) is 1. The molecule has 2 aromatic rings. The monoisotopic (exact) mass is 315 g/mol. The first-order valence-corrected chi connectivity index (χ1v) is 8.54. The van der Waals surface area contributed by atoms with Crippen molar-refractivity contribution in [1.29, 1.82) is 0 Å². The molecule has 1 fully saturated rings. The number of nitrogen functional groups attached to an aromatic ring is 1. The van der Waals surface area contributed by atoms with Gasteiger partial charge in [-0.1, -0.05) is 25.3 Å². The molecule has 1 aliphatic rings. The number of imidazole rings is 1. The Labute approximate surface area is 136 Å². The van der Waals surface area contributed by atoms with Crippen molar-refractivity contribution in [1.82, 2.24) is 19.6 Å². The summed E-state index contributed by atoms with van der Waals surface area (Å²) in [6, 6.07) is 0.317. The summed E-state index contributed by atoms with van der Waals surface area (Å²) in [6.07, 6.45) is 12.3. The molecular formula is C17H25N5O. The molecular weight excluding hydrogens is 290 g/mol. The third-order valence-electron chi connectivity index (χ3n) is 4.24. The molecule has 0 radical (unpaired) electrons. The predicted octanol–water partition coefficient (Wildman–Crippen LogP) is 3.62. The van der Waals surface area contributed by atoms with Gasteiger partial charge in [0.15, 0.2) is 11.5 Å². The van der Waals surface area contributed by atoms with Gasteiger partial charge in [0.2, 0.25) is 0 Å². The van der Waals surface area contributed by atoms with E-state index in [4.69, 9.17) is 10.5 Å². The molecule has 0 aliphatic heterocycles. The highest BCUT2D eigenvalue weighted by Crippen LogP contribution is 2.25. The number of hydrogen-bond acceptors (Lipinski definition) is 5. The average Bonchev–Trinajstić information content (AvgIpc) is 2.92. The summed E-state index contributed by atoms with van der Waals surface area (Å²) in [6.45, 7) is 4.15. The topological polar surface area (TPSA) is 78.3 Å². The van der Waals surface area contributed by atoms with Crippen molar-refractivity contribution in [3.05, 3.63) is 17.5 Å². The average molecular weight is 315 g/mol. The van der Waals surface area contributed by atoms with E-state index in [1.54, 1.807) is 10.7 Å². The highest BCUT2D eigenvalue weighted by Gasteiger charge is 2.14. The molecule has 3 rings (SSSR count). The number of hydrogen-bond donors (Lipinski definition) is 1. The normalized spacial score (nSPS) is 16.5. The van der Waals surface area contributed by atoms with Gasteiger partial charge in [0.05, 0.1) is 18.0 Å². The van der Waals surface area contributed by atoms with E-state index in [2.05, 4.69) is 28.1 Å². The van der Waals surface area contributed by atoms with Crippen molar-refractivity contribution in [2.45, 2.75) is 64.9 Å². The third kappa shape index (κ3) is 3.63. The van der Waals surface area contributed by atoms with Gasteiger partial charge < -0.3 is 10.5 Å². The van der Waals surface area contributed by atoms with Crippen LogP contribution in [0.2, 0.25) is 0 Å². The van der Waals surface area contributed by atoms with Crippen molar-refractivity contribution >= 4 is 17.5 Å². The molecule has 124 valence electrons. The smallest absolute Gasteiger partial charge is 0.336 e. The van der Waals surface area contributed by atoms with Crippen LogP contribution in [0.15, 0.2) is 11.8 Å². The zero-order chi connectivity index (χ0) is 16.2. The standard InChI is InChI=1S/C17H25N5O/c1-3-7-12(2)23-17-20-15(18)16-19-11-14(22(16)21-17)10-13-8-5-4-6-9-13/h10-12H,3-9H2,1-2H3,(H2,18,20,21)/t12-/m0/s1. The van der Waals surface area contributed by atoms with E-state index >= 15 is 0 Å². The summed E-state index contributed by atoms with van der Waals surface area (Å²) in [5.41, 5.74) is 9.00. The van der Waals surface area contributed by atoms with Crippen LogP contribution >= 0.6 is 0 Å². The van der Waals surface area contributed by atoms with Gasteiger partial charge in [-0.25, -0.2) is 9.50 Å². The van der Waals surface area contributed by atoms with Crippen LogP contribution < -0.4 is 10.5 Å². The molecule has 0 unspecified atom stereocenters. The maximum absolute atomic E-state index is 6.02. The third-order valence-corrected chi connectivity index (χ3v) is 4.24. The van der Waals surface area contributed by atoms with Crippen LogP contribution in [0.25, 0.3) is 11.7 Å². The maximum Gasteiger partial charge on any atom is 0.336 e.